The van der Waals surface area contributed by atoms with E-state index in [-0.39, 0.29) is 18.5 Å². The van der Waals surface area contributed by atoms with E-state index in [2.05, 4.69) is 67.8 Å². The molecule has 0 radical (unpaired) electrons. The summed E-state index contributed by atoms with van der Waals surface area (Å²) in [6.45, 7) is 4.92. The molecule has 0 aromatic heterocycles. The van der Waals surface area contributed by atoms with Crippen molar-refractivity contribution in [2.24, 2.45) is 0 Å². The van der Waals surface area contributed by atoms with Crippen molar-refractivity contribution < 1.29 is 24.5 Å². The van der Waals surface area contributed by atoms with Crippen molar-refractivity contribution in [2.45, 2.75) is 482 Å². The number of allylic oxidation sites excluding steroid dienone is 9. The van der Waals surface area contributed by atoms with Crippen LogP contribution in [0.5, 0.6) is 0 Å². The predicted molar refractivity (Wildman–Crippen MR) is 421 cm³/mol. The SMILES string of the molecule is CCCCC/C=C\C/C=C\CCCCCCCCCC(=O)OCCCCCCCCCCCCCCC/C=C\C/C=C\CCCCCCCCCCCCCCCCCCCC(=O)NC(CO)C(O)/C=C/CCCCCCCCCCCCCCCCCCCCCCCC. The molecule has 0 aromatic rings. The topological polar surface area (TPSA) is 95.9 Å². The van der Waals surface area contributed by atoms with E-state index in [0.717, 1.165) is 57.8 Å². The van der Waals surface area contributed by atoms with E-state index < -0.39 is 12.1 Å². The number of ether oxygens (including phenoxy) is 1. The number of esters is 1. The van der Waals surface area contributed by atoms with Gasteiger partial charge in [0.2, 0.25) is 5.91 Å². The maximum atomic E-state index is 12.6. The average molecular weight is 1330 g/mol. The second-order valence-corrected chi connectivity index (χ2v) is 29.5. The Morgan fingerprint density at radius 3 is 0.821 bits per heavy atom. The molecule has 0 heterocycles. The van der Waals surface area contributed by atoms with Crippen LogP contribution in [0.1, 0.15) is 470 Å². The first kappa shape index (κ1) is 92.6. The third-order valence-corrected chi connectivity index (χ3v) is 20.0. The molecule has 0 aliphatic carbocycles. The molecule has 0 rings (SSSR count). The maximum absolute atomic E-state index is 12.6. The van der Waals surface area contributed by atoms with E-state index >= 15 is 0 Å². The molecule has 6 heteroatoms. The number of rotatable bonds is 81. The minimum atomic E-state index is -0.845. The Balaban J connectivity index is 3.39. The molecule has 0 saturated heterocycles. The summed E-state index contributed by atoms with van der Waals surface area (Å²) < 4.78 is 5.51. The lowest BCUT2D eigenvalue weighted by molar-refractivity contribution is -0.143. The third-order valence-electron chi connectivity index (χ3n) is 20.0. The fraction of sp³-hybridized carbons (Fsp3) is 0.865. The van der Waals surface area contributed by atoms with Crippen molar-refractivity contribution in [3.63, 3.8) is 0 Å². The van der Waals surface area contributed by atoms with Gasteiger partial charge in [-0.05, 0) is 96.3 Å². The Labute approximate surface area is 594 Å². The number of carbonyl (C=O) groups is 2. The second kappa shape index (κ2) is 84.0. The predicted octanol–water partition coefficient (Wildman–Crippen LogP) is 28.9. The molecule has 3 N–H and O–H groups in total. The van der Waals surface area contributed by atoms with Crippen molar-refractivity contribution in [3.8, 4) is 0 Å². The van der Waals surface area contributed by atoms with Crippen LogP contribution in [0, 0.1) is 0 Å². The second-order valence-electron chi connectivity index (χ2n) is 29.5. The number of aliphatic hydroxyl groups is 2. The van der Waals surface area contributed by atoms with Gasteiger partial charge in [0.15, 0.2) is 0 Å². The summed E-state index contributed by atoms with van der Waals surface area (Å²) >= 11 is 0. The molecular weight excluding hydrogens is 1160 g/mol. The number of amides is 1. The number of unbranched alkanes of at least 4 members (excludes halogenated alkanes) is 62. The van der Waals surface area contributed by atoms with Crippen LogP contribution in [0.2, 0.25) is 0 Å². The summed E-state index contributed by atoms with van der Waals surface area (Å²) in [6.07, 6.45) is 114. The van der Waals surface area contributed by atoms with Gasteiger partial charge in [-0.2, -0.15) is 0 Å². The average Bonchev–Trinajstić information content (AvgIpc) is 2.97. The van der Waals surface area contributed by atoms with Crippen LogP contribution in [-0.2, 0) is 14.3 Å². The lowest BCUT2D eigenvalue weighted by Gasteiger charge is -2.20. The number of hydrogen-bond acceptors (Lipinski definition) is 5. The molecular formula is C89H167NO5. The Kier molecular flexibility index (Phi) is 81.8. The number of nitrogens with one attached hydrogen (secondary N) is 1. The Morgan fingerprint density at radius 1 is 0.295 bits per heavy atom. The van der Waals surface area contributed by atoms with Crippen molar-refractivity contribution in [2.75, 3.05) is 13.2 Å². The van der Waals surface area contributed by atoms with Gasteiger partial charge in [-0.25, -0.2) is 0 Å². The fourth-order valence-corrected chi connectivity index (χ4v) is 13.5. The van der Waals surface area contributed by atoms with Crippen molar-refractivity contribution in [1.29, 1.82) is 0 Å². The van der Waals surface area contributed by atoms with Gasteiger partial charge in [-0.15, -0.1) is 0 Å². The molecule has 2 atom stereocenters. The molecule has 0 aliphatic heterocycles. The van der Waals surface area contributed by atoms with Crippen LogP contribution in [0.4, 0.5) is 0 Å². The zero-order valence-corrected chi connectivity index (χ0v) is 64.2. The lowest BCUT2D eigenvalue weighted by atomic mass is 10.0. The Hall–Kier alpha value is -2.44. The highest BCUT2D eigenvalue weighted by molar-refractivity contribution is 5.76. The normalized spacial score (nSPS) is 12.8. The van der Waals surface area contributed by atoms with Gasteiger partial charge in [0.25, 0.3) is 0 Å². The molecule has 1 amide bonds. The van der Waals surface area contributed by atoms with Gasteiger partial charge in [0, 0.05) is 12.8 Å². The van der Waals surface area contributed by atoms with Crippen LogP contribution >= 0.6 is 0 Å². The smallest absolute Gasteiger partial charge is 0.305 e. The summed E-state index contributed by atoms with van der Waals surface area (Å²) in [6, 6.07) is -0.628. The van der Waals surface area contributed by atoms with Gasteiger partial charge in [-0.1, -0.05) is 421 Å². The Bertz CT molecular complexity index is 1630. The highest BCUT2D eigenvalue weighted by atomic mass is 16.5. The van der Waals surface area contributed by atoms with E-state index in [0.29, 0.717) is 19.4 Å². The number of aliphatic hydroxyl groups excluding tert-OH is 2. The quantitative estimate of drug-likeness (QED) is 0.0320. The monoisotopic (exact) mass is 1330 g/mol. The minimum absolute atomic E-state index is 0.0112. The summed E-state index contributed by atoms with van der Waals surface area (Å²) in [5, 5.41) is 23.3. The van der Waals surface area contributed by atoms with Gasteiger partial charge in [-0.3, -0.25) is 9.59 Å². The van der Waals surface area contributed by atoms with Crippen LogP contribution < -0.4 is 5.32 Å². The van der Waals surface area contributed by atoms with E-state index in [1.54, 1.807) is 6.08 Å². The highest BCUT2D eigenvalue weighted by Crippen LogP contribution is 2.20. The molecule has 0 aromatic carbocycles. The van der Waals surface area contributed by atoms with E-state index in [1.807, 2.05) is 6.08 Å². The third kappa shape index (κ3) is 80.4. The van der Waals surface area contributed by atoms with Crippen LogP contribution in [0.3, 0.4) is 0 Å². The van der Waals surface area contributed by atoms with E-state index in [9.17, 15) is 19.8 Å². The summed E-state index contributed by atoms with van der Waals surface area (Å²) in [5.41, 5.74) is 0. The first-order valence-electron chi connectivity index (χ1n) is 43.1. The van der Waals surface area contributed by atoms with Crippen LogP contribution in [-0.4, -0.2) is 47.4 Å². The molecule has 6 nitrogen and oxygen atoms in total. The van der Waals surface area contributed by atoms with Crippen LogP contribution in [0.15, 0.2) is 60.8 Å². The number of hydrogen-bond donors (Lipinski definition) is 3. The van der Waals surface area contributed by atoms with Gasteiger partial charge in [0.1, 0.15) is 0 Å². The van der Waals surface area contributed by atoms with E-state index in [1.165, 1.54) is 385 Å². The fourth-order valence-electron chi connectivity index (χ4n) is 13.5. The summed E-state index contributed by atoms with van der Waals surface area (Å²) in [7, 11) is 0. The standard InChI is InChI=1S/C89H167NO5/c1-3-5-7-9-11-13-15-17-19-21-22-23-24-40-43-46-50-53-57-61-65-69-73-77-81-87(92)86(85-91)90-88(93)82-78-74-70-66-62-58-54-51-47-44-41-38-36-34-32-30-28-26-25-27-29-31-33-35-37-39-42-45-48-52-56-60-64-68-72-76-80-84-95-89(94)83-79-75-71-67-63-59-55-49-20-18-16-14-12-10-8-6-4-2/h12,14,18,20,25,27,31,33,77,81,86-87,91-92H,3-11,13,15-17,19,21-24,26,28-30,32,34-76,78-80,82-85H2,1-2H3,(H,90,93)/b14-12-,20-18-,27-25-,33-31-,81-77+. The maximum Gasteiger partial charge on any atom is 0.305 e. The Morgan fingerprint density at radius 2 is 0.526 bits per heavy atom. The summed E-state index contributed by atoms with van der Waals surface area (Å²) in [4.78, 5) is 24.7. The minimum Gasteiger partial charge on any atom is -0.466 e. The van der Waals surface area contributed by atoms with E-state index in [4.69, 9.17) is 4.74 Å². The first-order chi connectivity index (χ1) is 47.0. The zero-order valence-electron chi connectivity index (χ0n) is 64.2. The zero-order chi connectivity index (χ0) is 68.4. The molecule has 558 valence electrons. The summed E-state index contributed by atoms with van der Waals surface area (Å²) in [5.74, 6) is -0.0492. The first-order valence-corrected chi connectivity index (χ1v) is 43.1. The molecule has 0 aliphatic rings. The van der Waals surface area contributed by atoms with Crippen molar-refractivity contribution in [1.82, 2.24) is 5.32 Å². The molecule has 0 fully saturated rings. The number of carbonyl (C=O) groups excluding carboxylic acids is 2. The molecule has 2 unspecified atom stereocenters. The lowest BCUT2D eigenvalue weighted by Crippen LogP contribution is -2.45. The van der Waals surface area contributed by atoms with Gasteiger partial charge in [0.05, 0.1) is 25.4 Å². The van der Waals surface area contributed by atoms with Crippen LogP contribution in [0.25, 0.3) is 0 Å². The highest BCUT2D eigenvalue weighted by Gasteiger charge is 2.18. The molecule has 0 bridgehead atoms. The largest absolute Gasteiger partial charge is 0.466 e. The molecule has 0 saturated carbocycles. The van der Waals surface area contributed by atoms with Crippen molar-refractivity contribution >= 4 is 11.9 Å². The van der Waals surface area contributed by atoms with Gasteiger partial charge >= 0.3 is 5.97 Å². The van der Waals surface area contributed by atoms with Gasteiger partial charge < -0.3 is 20.3 Å². The molecule has 0 spiro atoms. The molecule has 95 heavy (non-hydrogen) atoms. The van der Waals surface area contributed by atoms with Crippen molar-refractivity contribution in [3.05, 3.63) is 60.8 Å².